The van der Waals surface area contributed by atoms with Gasteiger partial charge in [0.05, 0.1) is 23.2 Å². The van der Waals surface area contributed by atoms with E-state index in [1.807, 2.05) is 30.6 Å². The fourth-order valence-electron chi connectivity index (χ4n) is 3.60. The number of ether oxygens (including phenoxy) is 1. The lowest BCUT2D eigenvalue weighted by atomic mass is 10.1. The Bertz CT molecular complexity index is 1160. The topological polar surface area (TPSA) is 104 Å². The third kappa shape index (κ3) is 3.82. The Labute approximate surface area is 174 Å². The van der Waals surface area contributed by atoms with Gasteiger partial charge in [0.15, 0.2) is 0 Å². The Morgan fingerprint density at radius 2 is 2.17 bits per heavy atom. The van der Waals surface area contributed by atoms with Crippen LogP contribution >= 0.6 is 0 Å². The zero-order valence-electron chi connectivity index (χ0n) is 17.3. The molecule has 4 N–H and O–H groups in total. The molecule has 30 heavy (non-hydrogen) atoms. The molecule has 8 nitrogen and oxygen atoms in total. The Kier molecular flexibility index (Phi) is 5.00. The number of anilines is 3. The summed E-state index contributed by atoms with van der Waals surface area (Å²) in [6, 6.07) is 6.51. The highest BCUT2D eigenvalue weighted by atomic mass is 16.5. The van der Waals surface area contributed by atoms with Crippen LogP contribution in [0, 0.1) is 0 Å². The molecule has 1 unspecified atom stereocenters. The van der Waals surface area contributed by atoms with Crippen LogP contribution in [0.25, 0.3) is 21.9 Å². The second kappa shape index (κ2) is 7.95. The zero-order chi connectivity index (χ0) is 20.5. The first-order chi connectivity index (χ1) is 14.7. The summed E-state index contributed by atoms with van der Waals surface area (Å²) < 4.78 is 6.04. The summed E-state index contributed by atoms with van der Waals surface area (Å²) in [5, 5.41) is 16.1. The maximum Gasteiger partial charge on any atom is 0.231 e. The van der Waals surface area contributed by atoms with Crippen LogP contribution in [-0.4, -0.2) is 37.8 Å². The maximum absolute atomic E-state index is 6.04. The predicted octanol–water partition coefficient (Wildman–Crippen LogP) is 5.03. The van der Waals surface area contributed by atoms with E-state index in [1.165, 1.54) is 12.8 Å². The van der Waals surface area contributed by atoms with Gasteiger partial charge in [-0.05, 0) is 44.4 Å². The molecule has 0 spiro atoms. The van der Waals surface area contributed by atoms with Gasteiger partial charge in [-0.1, -0.05) is 13.3 Å². The van der Waals surface area contributed by atoms with Crippen LogP contribution in [0.5, 0.6) is 0 Å². The first-order valence-corrected chi connectivity index (χ1v) is 10.7. The first-order valence-electron chi connectivity index (χ1n) is 10.7. The van der Waals surface area contributed by atoms with Crippen molar-refractivity contribution in [1.82, 2.24) is 25.1 Å². The molecule has 0 bridgehead atoms. The number of aromatic amines is 2. The number of nitrogens with zero attached hydrogens (tertiary/aromatic N) is 3. The number of rotatable bonds is 9. The van der Waals surface area contributed by atoms with Crippen molar-refractivity contribution >= 4 is 39.4 Å². The summed E-state index contributed by atoms with van der Waals surface area (Å²) in [6.45, 7) is 5.01. The van der Waals surface area contributed by atoms with Crippen LogP contribution in [0.4, 0.5) is 17.5 Å². The van der Waals surface area contributed by atoms with Gasteiger partial charge in [0.1, 0.15) is 11.5 Å². The minimum Gasteiger partial charge on any atom is -0.374 e. The molecule has 0 saturated heterocycles. The molecule has 3 aromatic heterocycles. The molecule has 0 amide bonds. The standard InChI is InChI=1S/C22H27N7O/c1-3-4-9-30-13(2)17-12-23-20-19(17)21(25-15-7-8-15)28-22(27-20)26-16-6-5-14-11-24-29-18(14)10-16/h5-6,10-13,15H,3-4,7-9H2,1-2H3,(H,24,29)(H3,23,25,26,27,28). The molecule has 3 heterocycles. The van der Waals surface area contributed by atoms with Gasteiger partial charge >= 0.3 is 0 Å². The van der Waals surface area contributed by atoms with Crippen LogP contribution in [0.15, 0.2) is 30.6 Å². The number of hydrogen-bond acceptors (Lipinski definition) is 6. The first kappa shape index (κ1) is 18.9. The van der Waals surface area contributed by atoms with Gasteiger partial charge in [-0.2, -0.15) is 15.1 Å². The minimum atomic E-state index is -0.0183. The van der Waals surface area contributed by atoms with E-state index >= 15 is 0 Å². The van der Waals surface area contributed by atoms with E-state index in [9.17, 15) is 0 Å². The average Bonchev–Trinajstić information content (AvgIpc) is 3.25. The highest BCUT2D eigenvalue weighted by Crippen LogP contribution is 2.34. The monoisotopic (exact) mass is 405 g/mol. The molecule has 5 rings (SSSR count). The van der Waals surface area contributed by atoms with Crippen LogP contribution < -0.4 is 10.6 Å². The van der Waals surface area contributed by atoms with Crippen LogP contribution in [-0.2, 0) is 4.74 Å². The SMILES string of the molecule is CCCCOC(C)c1c[nH]c2nc(Nc3ccc4cn[nH]c4c3)nc(NC3CC3)c12. The van der Waals surface area contributed by atoms with Crippen molar-refractivity contribution in [3.63, 3.8) is 0 Å². The van der Waals surface area contributed by atoms with Crippen LogP contribution in [0.3, 0.4) is 0 Å². The van der Waals surface area contributed by atoms with Crippen molar-refractivity contribution in [3.8, 4) is 0 Å². The molecule has 8 heteroatoms. The van der Waals surface area contributed by atoms with Crippen molar-refractivity contribution in [1.29, 1.82) is 0 Å². The Morgan fingerprint density at radius 1 is 1.27 bits per heavy atom. The van der Waals surface area contributed by atoms with E-state index in [1.54, 1.807) is 0 Å². The summed E-state index contributed by atoms with van der Waals surface area (Å²) in [4.78, 5) is 12.9. The second-order valence-electron chi connectivity index (χ2n) is 7.95. The number of unbranched alkanes of at least 4 members (excludes halogenated alkanes) is 1. The van der Waals surface area contributed by atoms with Crippen molar-refractivity contribution in [3.05, 3.63) is 36.2 Å². The molecule has 1 aromatic carbocycles. The molecular formula is C22H27N7O. The normalized spacial score (nSPS) is 15.0. The van der Waals surface area contributed by atoms with Gasteiger partial charge < -0.3 is 20.4 Å². The number of nitrogens with one attached hydrogen (secondary N) is 4. The van der Waals surface area contributed by atoms with Gasteiger partial charge in [0.2, 0.25) is 5.95 Å². The largest absolute Gasteiger partial charge is 0.374 e. The maximum atomic E-state index is 6.04. The number of aromatic nitrogens is 5. The molecule has 1 saturated carbocycles. The Hall–Kier alpha value is -3.13. The van der Waals surface area contributed by atoms with Crippen molar-refractivity contribution < 1.29 is 4.74 Å². The molecule has 4 aromatic rings. The van der Waals surface area contributed by atoms with Gasteiger partial charge in [-0.25, -0.2) is 0 Å². The summed E-state index contributed by atoms with van der Waals surface area (Å²) in [6.07, 6.45) is 8.32. The van der Waals surface area contributed by atoms with Crippen molar-refractivity contribution in [2.75, 3.05) is 17.2 Å². The molecule has 0 aliphatic heterocycles. The number of H-pyrrole nitrogens is 2. The van der Waals surface area contributed by atoms with Gasteiger partial charge in [-0.3, -0.25) is 5.10 Å². The lowest BCUT2D eigenvalue weighted by molar-refractivity contribution is 0.0646. The second-order valence-corrected chi connectivity index (χ2v) is 7.95. The summed E-state index contributed by atoms with van der Waals surface area (Å²) in [5.41, 5.74) is 3.78. The van der Waals surface area contributed by atoms with Gasteiger partial charge in [0.25, 0.3) is 0 Å². The molecule has 1 atom stereocenters. The lowest BCUT2D eigenvalue weighted by Gasteiger charge is -2.15. The van der Waals surface area contributed by atoms with E-state index in [0.717, 1.165) is 58.5 Å². The molecule has 0 radical (unpaired) electrons. The average molecular weight is 406 g/mol. The summed E-state index contributed by atoms with van der Waals surface area (Å²) in [5.74, 6) is 1.41. The minimum absolute atomic E-state index is 0.0183. The number of hydrogen-bond donors (Lipinski definition) is 4. The highest BCUT2D eigenvalue weighted by Gasteiger charge is 2.25. The van der Waals surface area contributed by atoms with Crippen molar-refractivity contribution in [2.45, 2.75) is 51.7 Å². The summed E-state index contributed by atoms with van der Waals surface area (Å²) in [7, 11) is 0. The number of fused-ring (bicyclic) bond motifs is 2. The molecule has 1 fully saturated rings. The highest BCUT2D eigenvalue weighted by molar-refractivity contribution is 5.92. The van der Waals surface area contributed by atoms with Crippen LogP contribution in [0.1, 0.15) is 51.2 Å². The van der Waals surface area contributed by atoms with E-state index in [2.05, 4.69) is 39.7 Å². The number of benzene rings is 1. The third-order valence-corrected chi connectivity index (χ3v) is 5.48. The fraction of sp³-hybridized carbons (Fsp3) is 0.409. The molecule has 1 aliphatic carbocycles. The van der Waals surface area contributed by atoms with E-state index < -0.39 is 0 Å². The Balaban J connectivity index is 1.47. The van der Waals surface area contributed by atoms with Gasteiger partial charge in [0, 0.05) is 35.5 Å². The molecular weight excluding hydrogens is 378 g/mol. The smallest absolute Gasteiger partial charge is 0.231 e. The Morgan fingerprint density at radius 3 is 3.00 bits per heavy atom. The quantitative estimate of drug-likeness (QED) is 0.291. The predicted molar refractivity (Wildman–Crippen MR) is 119 cm³/mol. The molecule has 156 valence electrons. The lowest BCUT2D eigenvalue weighted by Crippen LogP contribution is -2.08. The third-order valence-electron chi connectivity index (χ3n) is 5.48. The van der Waals surface area contributed by atoms with E-state index in [4.69, 9.17) is 14.7 Å². The van der Waals surface area contributed by atoms with E-state index in [0.29, 0.717) is 12.0 Å². The fourth-order valence-corrected chi connectivity index (χ4v) is 3.60. The molecule has 1 aliphatic rings. The van der Waals surface area contributed by atoms with E-state index in [-0.39, 0.29) is 6.10 Å². The van der Waals surface area contributed by atoms with Crippen LogP contribution in [0.2, 0.25) is 0 Å². The van der Waals surface area contributed by atoms with Gasteiger partial charge in [-0.15, -0.1) is 0 Å². The zero-order valence-corrected chi connectivity index (χ0v) is 17.3. The van der Waals surface area contributed by atoms with Crippen molar-refractivity contribution in [2.24, 2.45) is 0 Å². The summed E-state index contributed by atoms with van der Waals surface area (Å²) >= 11 is 0.